The van der Waals surface area contributed by atoms with Crippen molar-refractivity contribution in [3.63, 3.8) is 0 Å². The summed E-state index contributed by atoms with van der Waals surface area (Å²) in [6.07, 6.45) is 1.11. The first-order chi connectivity index (χ1) is 7.78. The molecular weight excluding hydrogens is 238 g/mol. The van der Waals surface area contributed by atoms with Gasteiger partial charge in [-0.15, -0.1) is 0 Å². The van der Waals surface area contributed by atoms with E-state index in [1.54, 1.807) is 51.3 Å². The molecule has 1 unspecified atom stereocenters. The molecule has 0 saturated carbocycles. The van der Waals surface area contributed by atoms with Crippen molar-refractivity contribution >= 4 is 23.0 Å². The van der Waals surface area contributed by atoms with Crippen LogP contribution in [-0.4, -0.2) is 22.5 Å². The van der Waals surface area contributed by atoms with Crippen LogP contribution in [0, 0.1) is 0 Å². The van der Waals surface area contributed by atoms with Crippen LogP contribution in [0.4, 0.5) is 10.5 Å². The first kappa shape index (κ1) is 13.9. The maximum Gasteiger partial charge on any atom is 0.412 e. The Kier molecular flexibility index (Phi) is 4.42. The van der Waals surface area contributed by atoms with E-state index >= 15 is 0 Å². The zero-order valence-corrected chi connectivity index (χ0v) is 11.3. The van der Waals surface area contributed by atoms with Gasteiger partial charge in [-0.1, -0.05) is 0 Å². The zero-order chi connectivity index (χ0) is 13.1. The van der Waals surface area contributed by atoms with Crippen LogP contribution in [-0.2, 0) is 15.9 Å². The van der Waals surface area contributed by atoms with Crippen LogP contribution in [0.1, 0.15) is 20.8 Å². The molecule has 0 bridgehead atoms. The molecule has 94 valence electrons. The van der Waals surface area contributed by atoms with E-state index in [0.717, 1.165) is 4.90 Å². The summed E-state index contributed by atoms with van der Waals surface area (Å²) < 4.78 is 16.3. The standard InChI is InChI=1S/C12H17NO3S/c1-12(2,3)16-11(14)13-9-5-7-10(8-6-9)17(4)15/h5-8H,1-4H3,(H,13,14). The highest BCUT2D eigenvalue weighted by Crippen LogP contribution is 2.15. The van der Waals surface area contributed by atoms with Gasteiger partial charge in [0, 0.05) is 5.69 Å². The molecule has 0 aliphatic heterocycles. The average Bonchev–Trinajstić information content (AvgIpc) is 2.15. The number of carbonyl (C=O) groups excluding carboxylic acids is 1. The molecule has 1 rings (SSSR count). The summed E-state index contributed by atoms with van der Waals surface area (Å²) in [6.45, 7) is 5.40. The number of amides is 1. The first-order valence-electron chi connectivity index (χ1n) is 5.21. The van der Waals surface area contributed by atoms with Crippen LogP contribution in [0.25, 0.3) is 0 Å². The number of rotatable bonds is 2. The van der Waals surface area contributed by atoms with Crippen LogP contribution in [0.5, 0.6) is 0 Å². The van der Waals surface area contributed by atoms with E-state index in [2.05, 4.69) is 5.32 Å². The SMILES string of the molecule is C[S+]([O-])c1ccc(NC(=O)OC(C)(C)C)cc1. The Bertz CT molecular complexity index is 382. The van der Waals surface area contributed by atoms with Crippen molar-refractivity contribution in [2.45, 2.75) is 31.3 Å². The third kappa shape index (κ3) is 5.10. The minimum Gasteiger partial charge on any atom is -0.612 e. The van der Waals surface area contributed by atoms with E-state index in [-0.39, 0.29) is 0 Å². The van der Waals surface area contributed by atoms with Gasteiger partial charge >= 0.3 is 6.09 Å². The maximum atomic E-state index is 11.5. The average molecular weight is 255 g/mol. The van der Waals surface area contributed by atoms with Gasteiger partial charge in [0.1, 0.15) is 11.9 Å². The topological polar surface area (TPSA) is 61.4 Å². The molecule has 4 nitrogen and oxygen atoms in total. The molecule has 0 saturated heterocycles. The lowest BCUT2D eigenvalue weighted by Gasteiger charge is -2.19. The van der Waals surface area contributed by atoms with Crippen molar-refractivity contribution in [2.24, 2.45) is 0 Å². The fourth-order valence-electron chi connectivity index (χ4n) is 1.15. The second kappa shape index (κ2) is 5.42. The summed E-state index contributed by atoms with van der Waals surface area (Å²) in [7, 11) is 0. The van der Waals surface area contributed by atoms with E-state index in [9.17, 15) is 9.35 Å². The van der Waals surface area contributed by atoms with E-state index < -0.39 is 22.9 Å². The smallest absolute Gasteiger partial charge is 0.412 e. The number of nitrogens with one attached hydrogen (secondary N) is 1. The molecule has 1 aromatic carbocycles. The third-order valence-corrected chi connectivity index (χ3v) is 2.77. The molecular formula is C12H17NO3S. The maximum absolute atomic E-state index is 11.5. The van der Waals surface area contributed by atoms with Crippen LogP contribution in [0.3, 0.4) is 0 Å². The van der Waals surface area contributed by atoms with Gasteiger partial charge in [-0.2, -0.15) is 0 Å². The van der Waals surface area contributed by atoms with Crippen molar-refractivity contribution < 1.29 is 14.1 Å². The summed E-state index contributed by atoms with van der Waals surface area (Å²) in [6, 6.07) is 6.81. The Hall–Kier alpha value is -1.20. The number of benzene rings is 1. The number of hydrogen-bond donors (Lipinski definition) is 1. The molecule has 0 radical (unpaired) electrons. The monoisotopic (exact) mass is 255 g/mol. The minimum atomic E-state index is -1.01. The fourth-order valence-corrected chi connectivity index (χ4v) is 1.67. The van der Waals surface area contributed by atoms with Crippen molar-refractivity contribution in [3.05, 3.63) is 24.3 Å². The predicted octanol–water partition coefficient (Wildman–Crippen LogP) is 2.77. The van der Waals surface area contributed by atoms with Crippen LogP contribution >= 0.6 is 0 Å². The van der Waals surface area contributed by atoms with Crippen molar-refractivity contribution in [3.8, 4) is 0 Å². The predicted molar refractivity (Wildman–Crippen MR) is 68.6 cm³/mol. The quantitative estimate of drug-likeness (QED) is 0.826. The van der Waals surface area contributed by atoms with Gasteiger partial charge in [0.15, 0.2) is 4.90 Å². The number of ether oxygens (including phenoxy) is 1. The Balaban J connectivity index is 2.61. The molecule has 17 heavy (non-hydrogen) atoms. The van der Waals surface area contributed by atoms with E-state index in [1.165, 1.54) is 0 Å². The van der Waals surface area contributed by atoms with Crippen LogP contribution in [0.15, 0.2) is 29.2 Å². The Morgan fingerprint density at radius 3 is 2.24 bits per heavy atom. The first-order valence-corrected chi connectivity index (χ1v) is 6.77. The number of anilines is 1. The van der Waals surface area contributed by atoms with E-state index in [1.807, 2.05) is 0 Å². The van der Waals surface area contributed by atoms with Crippen molar-refractivity contribution in [1.82, 2.24) is 0 Å². The van der Waals surface area contributed by atoms with Crippen molar-refractivity contribution in [2.75, 3.05) is 11.6 Å². The number of carbonyl (C=O) groups is 1. The van der Waals surface area contributed by atoms with Gasteiger partial charge in [0.05, 0.1) is 0 Å². The summed E-state index contributed by atoms with van der Waals surface area (Å²) in [5.74, 6) is 0. The molecule has 0 aromatic heterocycles. The zero-order valence-electron chi connectivity index (χ0n) is 10.4. The van der Waals surface area contributed by atoms with Gasteiger partial charge in [0.2, 0.25) is 0 Å². The lowest BCUT2D eigenvalue weighted by atomic mass is 10.2. The van der Waals surface area contributed by atoms with Gasteiger partial charge in [-0.3, -0.25) is 5.32 Å². The molecule has 5 heteroatoms. The number of hydrogen-bond acceptors (Lipinski definition) is 3. The normalized spacial score (nSPS) is 13.0. The molecule has 1 aromatic rings. The molecule has 0 aliphatic rings. The van der Waals surface area contributed by atoms with Gasteiger partial charge in [-0.05, 0) is 56.2 Å². The molecule has 1 amide bonds. The fraction of sp³-hybridized carbons (Fsp3) is 0.417. The van der Waals surface area contributed by atoms with E-state index in [0.29, 0.717) is 5.69 Å². The summed E-state index contributed by atoms with van der Waals surface area (Å²) in [5.41, 5.74) is 0.100. The highest BCUT2D eigenvalue weighted by molar-refractivity contribution is 7.90. The lowest BCUT2D eigenvalue weighted by Crippen LogP contribution is -2.27. The molecule has 1 atom stereocenters. The molecule has 1 N–H and O–H groups in total. The van der Waals surface area contributed by atoms with Gasteiger partial charge < -0.3 is 9.29 Å². The van der Waals surface area contributed by atoms with Gasteiger partial charge in [0.25, 0.3) is 0 Å². The van der Waals surface area contributed by atoms with Crippen molar-refractivity contribution in [1.29, 1.82) is 0 Å². The highest BCUT2D eigenvalue weighted by Gasteiger charge is 2.16. The second-order valence-electron chi connectivity index (χ2n) is 4.61. The molecule has 0 heterocycles. The molecule has 0 aliphatic carbocycles. The third-order valence-electron chi connectivity index (χ3n) is 1.83. The molecule has 0 fully saturated rings. The molecule has 0 spiro atoms. The summed E-state index contributed by atoms with van der Waals surface area (Å²) in [4.78, 5) is 12.2. The summed E-state index contributed by atoms with van der Waals surface area (Å²) >= 11 is -1.01. The largest absolute Gasteiger partial charge is 0.612 e. The van der Waals surface area contributed by atoms with Crippen LogP contribution < -0.4 is 5.32 Å². The highest BCUT2D eigenvalue weighted by atomic mass is 32.2. The Morgan fingerprint density at radius 2 is 1.82 bits per heavy atom. The summed E-state index contributed by atoms with van der Waals surface area (Å²) in [5, 5.41) is 2.60. The van der Waals surface area contributed by atoms with Gasteiger partial charge in [-0.25, -0.2) is 4.79 Å². The van der Waals surface area contributed by atoms with E-state index in [4.69, 9.17) is 4.74 Å². The lowest BCUT2D eigenvalue weighted by molar-refractivity contribution is 0.0636. The Morgan fingerprint density at radius 1 is 1.29 bits per heavy atom. The minimum absolute atomic E-state index is 0.497. The van der Waals surface area contributed by atoms with Crippen LogP contribution in [0.2, 0.25) is 0 Å². The second-order valence-corrected chi connectivity index (χ2v) is 5.99. The Labute approximate surface area is 105 Å².